The highest BCUT2D eigenvalue weighted by Crippen LogP contribution is 2.24. The average Bonchev–Trinajstić information content (AvgIpc) is 3.08. The lowest BCUT2D eigenvalue weighted by atomic mass is 9.95. The molecule has 8 heteroatoms. The van der Waals surface area contributed by atoms with Gasteiger partial charge in [-0.05, 0) is 25.0 Å². The number of aromatic nitrogens is 4. The minimum absolute atomic E-state index is 0.0587. The summed E-state index contributed by atoms with van der Waals surface area (Å²) >= 11 is 0. The Morgan fingerprint density at radius 2 is 2.46 bits per heavy atom. The predicted molar refractivity (Wildman–Crippen MR) is 87.1 cm³/mol. The third kappa shape index (κ3) is 4.08. The number of urea groups is 1. The zero-order valence-corrected chi connectivity index (χ0v) is 13.7. The normalized spacial score (nSPS) is 17.7. The summed E-state index contributed by atoms with van der Waals surface area (Å²) in [6.07, 6.45) is 5.33. The smallest absolute Gasteiger partial charge is 0.317 e. The van der Waals surface area contributed by atoms with E-state index in [0.717, 1.165) is 36.5 Å². The van der Waals surface area contributed by atoms with Crippen LogP contribution in [0.3, 0.4) is 0 Å². The summed E-state index contributed by atoms with van der Waals surface area (Å²) in [5, 5.41) is 9.96. The summed E-state index contributed by atoms with van der Waals surface area (Å²) in [5.41, 5.74) is 2.68. The predicted octanol–water partition coefficient (Wildman–Crippen LogP) is 1.44. The van der Waals surface area contributed by atoms with Crippen LogP contribution in [-0.2, 0) is 17.9 Å². The second kappa shape index (κ2) is 7.87. The summed E-state index contributed by atoms with van der Waals surface area (Å²) < 4.78 is 5.03. The van der Waals surface area contributed by atoms with E-state index in [4.69, 9.17) is 4.74 Å². The first-order chi connectivity index (χ1) is 11.8. The van der Waals surface area contributed by atoms with Gasteiger partial charge in [0.15, 0.2) is 0 Å². The number of aromatic amines is 1. The number of nitrogens with zero attached hydrogens (tertiary/aromatic N) is 4. The zero-order valence-electron chi connectivity index (χ0n) is 13.7. The van der Waals surface area contributed by atoms with Gasteiger partial charge in [0.1, 0.15) is 6.33 Å². The van der Waals surface area contributed by atoms with Gasteiger partial charge >= 0.3 is 6.03 Å². The number of ether oxygens (including phenoxy) is 1. The molecule has 1 saturated heterocycles. The van der Waals surface area contributed by atoms with E-state index >= 15 is 0 Å². The first-order valence-electron chi connectivity index (χ1n) is 8.07. The van der Waals surface area contributed by atoms with E-state index in [9.17, 15) is 4.79 Å². The lowest BCUT2D eigenvalue weighted by molar-refractivity contribution is 0.178. The number of nitrogens with one attached hydrogen (secondary N) is 2. The number of carbonyl (C=O) groups is 1. The number of rotatable bonds is 5. The largest absolute Gasteiger partial charge is 0.378 e. The molecular formula is C16H22N6O2. The van der Waals surface area contributed by atoms with Crippen molar-refractivity contribution in [3.63, 3.8) is 0 Å². The summed E-state index contributed by atoms with van der Waals surface area (Å²) in [7, 11) is 1.63. The van der Waals surface area contributed by atoms with Gasteiger partial charge in [-0.1, -0.05) is 0 Å². The summed E-state index contributed by atoms with van der Waals surface area (Å²) in [6.45, 7) is 2.33. The Morgan fingerprint density at radius 1 is 1.54 bits per heavy atom. The Labute approximate surface area is 140 Å². The van der Waals surface area contributed by atoms with E-state index < -0.39 is 0 Å². The van der Waals surface area contributed by atoms with Crippen LogP contribution in [0.5, 0.6) is 0 Å². The van der Waals surface area contributed by atoms with Crippen molar-refractivity contribution in [2.45, 2.75) is 31.9 Å². The first kappa shape index (κ1) is 16.4. The number of methoxy groups -OCH3 is 1. The molecule has 3 heterocycles. The standard InChI is InChI=1S/C16H22N6O2/c1-24-10-14-7-13(20-21-14)8-18-16(23)22-6-2-3-12(9-22)15-4-5-17-11-19-15/h4-5,7,11-12H,2-3,6,8-10H2,1H3,(H,18,23)(H,20,21)/t12-/m0/s1. The fraction of sp³-hybridized carbons (Fsp3) is 0.500. The van der Waals surface area contributed by atoms with E-state index in [0.29, 0.717) is 19.7 Å². The maximum Gasteiger partial charge on any atom is 0.317 e. The number of amides is 2. The number of carbonyl (C=O) groups excluding carboxylic acids is 1. The van der Waals surface area contributed by atoms with Crippen molar-refractivity contribution in [3.05, 3.63) is 41.7 Å². The molecule has 2 aromatic heterocycles. The number of piperidine rings is 1. The molecule has 128 valence electrons. The monoisotopic (exact) mass is 330 g/mol. The Kier molecular flexibility index (Phi) is 5.37. The van der Waals surface area contributed by atoms with E-state index in [2.05, 4.69) is 25.5 Å². The van der Waals surface area contributed by atoms with Crippen LogP contribution in [-0.4, -0.2) is 51.3 Å². The van der Waals surface area contributed by atoms with Crippen LogP contribution in [0.4, 0.5) is 4.79 Å². The van der Waals surface area contributed by atoms with Gasteiger partial charge in [0.2, 0.25) is 0 Å². The topological polar surface area (TPSA) is 96.0 Å². The Morgan fingerprint density at radius 3 is 3.25 bits per heavy atom. The van der Waals surface area contributed by atoms with Crippen molar-refractivity contribution < 1.29 is 9.53 Å². The van der Waals surface area contributed by atoms with Crippen molar-refractivity contribution in [3.8, 4) is 0 Å². The van der Waals surface area contributed by atoms with Crippen LogP contribution in [0.25, 0.3) is 0 Å². The number of H-pyrrole nitrogens is 1. The Hall–Kier alpha value is -2.48. The second-order valence-electron chi connectivity index (χ2n) is 5.90. The fourth-order valence-electron chi connectivity index (χ4n) is 2.95. The molecule has 0 bridgehead atoms. The summed E-state index contributed by atoms with van der Waals surface area (Å²) in [4.78, 5) is 22.5. The maximum atomic E-state index is 12.4. The van der Waals surface area contributed by atoms with Crippen molar-refractivity contribution in [1.29, 1.82) is 0 Å². The third-order valence-corrected chi connectivity index (χ3v) is 4.14. The molecule has 0 aromatic carbocycles. The molecule has 2 aromatic rings. The highest BCUT2D eigenvalue weighted by atomic mass is 16.5. The SMILES string of the molecule is COCc1cc(CNC(=O)N2CCC[C@H](c3ccncn3)C2)[nH]n1. The molecule has 1 aliphatic rings. The van der Waals surface area contributed by atoms with E-state index in [1.165, 1.54) is 0 Å². The highest BCUT2D eigenvalue weighted by Gasteiger charge is 2.25. The summed E-state index contributed by atoms with van der Waals surface area (Å²) in [6, 6.07) is 3.76. The Balaban J connectivity index is 1.52. The molecule has 1 aliphatic heterocycles. The van der Waals surface area contributed by atoms with Gasteiger partial charge in [0.25, 0.3) is 0 Å². The van der Waals surface area contributed by atoms with Gasteiger partial charge in [0.05, 0.1) is 24.5 Å². The van der Waals surface area contributed by atoms with Crippen LogP contribution >= 0.6 is 0 Å². The van der Waals surface area contributed by atoms with E-state index in [-0.39, 0.29) is 11.9 Å². The van der Waals surface area contributed by atoms with Crippen molar-refractivity contribution in [1.82, 2.24) is 30.4 Å². The molecular weight excluding hydrogens is 308 g/mol. The highest BCUT2D eigenvalue weighted by molar-refractivity contribution is 5.74. The van der Waals surface area contributed by atoms with Gasteiger partial charge in [-0.3, -0.25) is 5.10 Å². The zero-order chi connectivity index (χ0) is 16.8. The lowest BCUT2D eigenvalue weighted by Gasteiger charge is -2.32. The van der Waals surface area contributed by atoms with Crippen LogP contribution in [0.2, 0.25) is 0 Å². The first-order valence-corrected chi connectivity index (χ1v) is 8.07. The van der Waals surface area contributed by atoms with E-state index in [1.807, 2.05) is 17.0 Å². The fourth-order valence-corrected chi connectivity index (χ4v) is 2.95. The van der Waals surface area contributed by atoms with Gasteiger partial charge in [-0.15, -0.1) is 0 Å². The number of hydrogen-bond donors (Lipinski definition) is 2. The molecule has 1 fully saturated rings. The van der Waals surface area contributed by atoms with Gasteiger partial charge < -0.3 is 15.0 Å². The molecule has 8 nitrogen and oxygen atoms in total. The molecule has 0 aliphatic carbocycles. The molecule has 1 atom stereocenters. The maximum absolute atomic E-state index is 12.4. The van der Waals surface area contributed by atoms with Gasteiger partial charge in [-0.25, -0.2) is 14.8 Å². The molecule has 0 saturated carbocycles. The van der Waals surface area contributed by atoms with Crippen LogP contribution in [0, 0.1) is 0 Å². The van der Waals surface area contributed by atoms with Crippen LogP contribution in [0.15, 0.2) is 24.7 Å². The molecule has 3 rings (SSSR count). The van der Waals surface area contributed by atoms with Crippen molar-refractivity contribution >= 4 is 6.03 Å². The van der Waals surface area contributed by atoms with Crippen LogP contribution in [0.1, 0.15) is 35.8 Å². The lowest BCUT2D eigenvalue weighted by Crippen LogP contribution is -2.44. The van der Waals surface area contributed by atoms with Crippen molar-refractivity contribution in [2.24, 2.45) is 0 Å². The molecule has 24 heavy (non-hydrogen) atoms. The molecule has 0 radical (unpaired) electrons. The average molecular weight is 330 g/mol. The molecule has 0 unspecified atom stereocenters. The Bertz CT molecular complexity index is 660. The minimum Gasteiger partial charge on any atom is -0.378 e. The minimum atomic E-state index is -0.0587. The van der Waals surface area contributed by atoms with Gasteiger partial charge in [-0.2, -0.15) is 5.10 Å². The third-order valence-electron chi connectivity index (χ3n) is 4.14. The summed E-state index contributed by atoms with van der Waals surface area (Å²) in [5.74, 6) is 0.271. The van der Waals surface area contributed by atoms with E-state index in [1.54, 1.807) is 19.6 Å². The molecule has 2 N–H and O–H groups in total. The molecule has 2 amide bonds. The van der Waals surface area contributed by atoms with Gasteiger partial charge in [0, 0.05) is 38.0 Å². The molecule has 0 spiro atoms. The number of hydrogen-bond acceptors (Lipinski definition) is 5. The quantitative estimate of drug-likeness (QED) is 0.865. The second-order valence-corrected chi connectivity index (χ2v) is 5.90. The number of likely N-dealkylation sites (tertiary alicyclic amines) is 1. The van der Waals surface area contributed by atoms with Crippen molar-refractivity contribution in [2.75, 3.05) is 20.2 Å². The van der Waals surface area contributed by atoms with Crippen LogP contribution < -0.4 is 5.32 Å².